The van der Waals surface area contributed by atoms with Crippen molar-refractivity contribution in [1.29, 1.82) is 0 Å². The molecule has 1 fully saturated rings. The topological polar surface area (TPSA) is 54.5 Å². The van der Waals surface area contributed by atoms with Crippen molar-refractivity contribution in [3.63, 3.8) is 0 Å². The van der Waals surface area contributed by atoms with Gasteiger partial charge in [-0.1, -0.05) is 17.7 Å². The molecule has 0 bridgehead atoms. The zero-order valence-corrected chi connectivity index (χ0v) is 16.1. The van der Waals surface area contributed by atoms with E-state index < -0.39 is 5.82 Å². The number of carbonyl (C=O) groups is 1. The summed E-state index contributed by atoms with van der Waals surface area (Å²) in [6.45, 7) is 2.00. The van der Waals surface area contributed by atoms with Crippen LogP contribution in [0.4, 0.5) is 4.39 Å². The second-order valence-electron chi connectivity index (χ2n) is 5.46. The Hall–Kier alpha value is -1.60. The van der Waals surface area contributed by atoms with Gasteiger partial charge in [0.15, 0.2) is 5.82 Å². The van der Waals surface area contributed by atoms with Gasteiger partial charge in [-0.05, 0) is 24.3 Å². The second-order valence-corrected chi connectivity index (χ2v) is 5.86. The predicted molar refractivity (Wildman–Crippen MR) is 103 cm³/mol. The van der Waals surface area contributed by atoms with Crippen molar-refractivity contribution in [1.82, 2.24) is 15.2 Å². The number of pyridine rings is 1. The molecular formula is C17H19Cl3FN3O2. The quantitative estimate of drug-likeness (QED) is 0.822. The first-order chi connectivity index (χ1) is 11.7. The summed E-state index contributed by atoms with van der Waals surface area (Å²) in [5.74, 6) is -0.435. The molecule has 1 amide bonds. The molecule has 1 saturated heterocycles. The third-order valence-electron chi connectivity index (χ3n) is 3.87. The van der Waals surface area contributed by atoms with Gasteiger partial charge in [-0.3, -0.25) is 9.78 Å². The average molecular weight is 423 g/mol. The lowest BCUT2D eigenvalue weighted by Crippen LogP contribution is -2.56. The first-order valence-corrected chi connectivity index (χ1v) is 8.03. The van der Waals surface area contributed by atoms with Crippen molar-refractivity contribution in [2.24, 2.45) is 0 Å². The van der Waals surface area contributed by atoms with Crippen LogP contribution < -0.4 is 10.1 Å². The molecule has 142 valence electrons. The molecule has 1 unspecified atom stereocenters. The number of benzene rings is 1. The molecule has 5 nitrogen and oxygen atoms in total. The van der Waals surface area contributed by atoms with Gasteiger partial charge in [-0.25, -0.2) is 4.39 Å². The van der Waals surface area contributed by atoms with E-state index in [1.807, 2.05) is 0 Å². The molecule has 0 spiro atoms. The van der Waals surface area contributed by atoms with E-state index in [-0.39, 0.29) is 47.3 Å². The molecule has 2 aromatic rings. The first-order valence-electron chi connectivity index (χ1n) is 7.65. The third kappa shape index (κ3) is 5.20. The SMILES string of the molecule is Cl.Cl.O=C(c1cccc(Cl)c1F)N1CCNCC1COc1cccnc1. The van der Waals surface area contributed by atoms with E-state index in [4.69, 9.17) is 16.3 Å². The van der Waals surface area contributed by atoms with Crippen LogP contribution in [0.15, 0.2) is 42.7 Å². The van der Waals surface area contributed by atoms with Crippen LogP contribution in [0.1, 0.15) is 10.4 Å². The van der Waals surface area contributed by atoms with Crippen LogP contribution in [-0.4, -0.2) is 48.1 Å². The van der Waals surface area contributed by atoms with E-state index in [0.29, 0.717) is 32.0 Å². The fraction of sp³-hybridized carbons (Fsp3) is 0.294. The maximum absolute atomic E-state index is 14.2. The smallest absolute Gasteiger partial charge is 0.257 e. The van der Waals surface area contributed by atoms with E-state index in [2.05, 4.69) is 10.3 Å². The van der Waals surface area contributed by atoms with Crippen LogP contribution in [-0.2, 0) is 0 Å². The minimum Gasteiger partial charge on any atom is -0.490 e. The fourth-order valence-electron chi connectivity index (χ4n) is 2.63. The van der Waals surface area contributed by atoms with E-state index in [1.54, 1.807) is 35.5 Å². The zero-order chi connectivity index (χ0) is 16.9. The Morgan fingerprint density at radius 3 is 2.88 bits per heavy atom. The Kier molecular flexibility index (Phi) is 9.08. The molecule has 3 rings (SSSR count). The van der Waals surface area contributed by atoms with Crippen LogP contribution in [0.2, 0.25) is 5.02 Å². The molecule has 1 aliphatic heterocycles. The number of nitrogens with zero attached hydrogens (tertiary/aromatic N) is 2. The highest BCUT2D eigenvalue weighted by molar-refractivity contribution is 6.31. The van der Waals surface area contributed by atoms with Gasteiger partial charge in [-0.15, -0.1) is 24.8 Å². The van der Waals surface area contributed by atoms with Crippen LogP contribution in [0, 0.1) is 5.82 Å². The van der Waals surface area contributed by atoms with Crippen molar-refractivity contribution in [2.75, 3.05) is 26.2 Å². The highest BCUT2D eigenvalue weighted by atomic mass is 35.5. The van der Waals surface area contributed by atoms with Crippen LogP contribution in [0.25, 0.3) is 0 Å². The molecule has 0 aliphatic carbocycles. The summed E-state index contributed by atoms with van der Waals surface area (Å²) in [5.41, 5.74) is -0.0178. The van der Waals surface area contributed by atoms with Gasteiger partial charge in [0.1, 0.15) is 12.4 Å². The van der Waals surface area contributed by atoms with Crippen LogP contribution in [0.3, 0.4) is 0 Å². The molecule has 1 aliphatic rings. The molecule has 0 saturated carbocycles. The minimum atomic E-state index is -0.686. The van der Waals surface area contributed by atoms with Gasteiger partial charge in [0.05, 0.1) is 22.8 Å². The van der Waals surface area contributed by atoms with Crippen molar-refractivity contribution in [3.8, 4) is 5.75 Å². The summed E-state index contributed by atoms with van der Waals surface area (Å²) < 4.78 is 19.8. The van der Waals surface area contributed by atoms with Gasteiger partial charge >= 0.3 is 0 Å². The van der Waals surface area contributed by atoms with E-state index >= 15 is 0 Å². The number of aromatic nitrogens is 1. The Morgan fingerprint density at radius 1 is 1.35 bits per heavy atom. The largest absolute Gasteiger partial charge is 0.490 e. The highest BCUT2D eigenvalue weighted by Gasteiger charge is 2.29. The Labute approximate surface area is 168 Å². The monoisotopic (exact) mass is 421 g/mol. The molecule has 1 aromatic carbocycles. The highest BCUT2D eigenvalue weighted by Crippen LogP contribution is 2.21. The van der Waals surface area contributed by atoms with Crippen LogP contribution in [0.5, 0.6) is 5.75 Å². The van der Waals surface area contributed by atoms with E-state index in [1.165, 1.54) is 12.1 Å². The zero-order valence-electron chi connectivity index (χ0n) is 13.7. The summed E-state index contributed by atoms with van der Waals surface area (Å²) >= 11 is 5.78. The number of hydrogen-bond donors (Lipinski definition) is 1. The van der Waals surface area contributed by atoms with Gasteiger partial charge in [0.25, 0.3) is 5.91 Å². The standard InChI is InChI=1S/C17H17ClFN3O2.2ClH/c18-15-5-1-4-14(16(15)19)17(23)22-8-7-21-9-12(22)11-24-13-3-2-6-20-10-13;;/h1-6,10,12,21H,7-9,11H2;2*1H. The van der Waals surface area contributed by atoms with Gasteiger partial charge in [-0.2, -0.15) is 0 Å². The maximum Gasteiger partial charge on any atom is 0.257 e. The Balaban J connectivity index is 0.00000169. The molecule has 0 radical (unpaired) electrons. The molecule has 26 heavy (non-hydrogen) atoms. The first kappa shape index (κ1) is 22.4. The summed E-state index contributed by atoms with van der Waals surface area (Å²) in [5, 5.41) is 3.17. The van der Waals surface area contributed by atoms with Crippen LogP contribution >= 0.6 is 36.4 Å². The van der Waals surface area contributed by atoms with Crippen molar-refractivity contribution >= 4 is 42.3 Å². The molecule has 2 heterocycles. The fourth-order valence-corrected chi connectivity index (χ4v) is 2.80. The van der Waals surface area contributed by atoms with Gasteiger partial charge in [0.2, 0.25) is 0 Å². The van der Waals surface area contributed by atoms with Crippen molar-refractivity contribution in [2.45, 2.75) is 6.04 Å². The minimum absolute atomic E-state index is 0. The summed E-state index contributed by atoms with van der Waals surface area (Å²) in [4.78, 5) is 18.3. The van der Waals surface area contributed by atoms with E-state index in [0.717, 1.165) is 0 Å². The van der Waals surface area contributed by atoms with E-state index in [9.17, 15) is 9.18 Å². The van der Waals surface area contributed by atoms with Gasteiger partial charge in [0, 0.05) is 25.8 Å². The number of hydrogen-bond acceptors (Lipinski definition) is 4. The number of rotatable bonds is 4. The number of halogens is 4. The number of carbonyl (C=O) groups excluding carboxylic acids is 1. The van der Waals surface area contributed by atoms with Gasteiger partial charge < -0.3 is 15.0 Å². The molecule has 1 N–H and O–H groups in total. The summed E-state index contributed by atoms with van der Waals surface area (Å²) in [7, 11) is 0. The number of amides is 1. The molecule has 1 aromatic heterocycles. The normalized spacial score (nSPS) is 16.2. The second kappa shape index (κ2) is 10.5. The predicted octanol–water partition coefficient (Wildman–Crippen LogP) is 3.21. The molecule has 1 atom stereocenters. The number of nitrogens with one attached hydrogen (secondary N) is 1. The lowest BCUT2D eigenvalue weighted by molar-refractivity contribution is 0.0554. The lowest BCUT2D eigenvalue weighted by atomic mass is 10.1. The third-order valence-corrected chi connectivity index (χ3v) is 4.16. The van der Waals surface area contributed by atoms with Crippen molar-refractivity contribution < 1.29 is 13.9 Å². The number of piperazine rings is 1. The maximum atomic E-state index is 14.2. The summed E-state index contributed by atoms with van der Waals surface area (Å²) in [6.07, 6.45) is 3.27. The Bertz CT molecular complexity index is 722. The molecular weight excluding hydrogens is 404 g/mol. The average Bonchev–Trinajstić information content (AvgIpc) is 2.63. The number of ether oxygens (including phenoxy) is 1. The molecule has 9 heteroatoms. The lowest BCUT2D eigenvalue weighted by Gasteiger charge is -2.36. The van der Waals surface area contributed by atoms with Crippen molar-refractivity contribution in [3.05, 3.63) is 59.1 Å². The Morgan fingerprint density at radius 2 is 2.15 bits per heavy atom. The summed E-state index contributed by atoms with van der Waals surface area (Å²) in [6, 6.07) is 7.82.